The number of aromatic amines is 1. The summed E-state index contributed by atoms with van der Waals surface area (Å²) in [5.74, 6) is -0.290. The standard InChI is InChI=1S/C30H25N2O2P.BrH.ClH/c1-22-18-20-26(21-19-22)35(24-14-8-4-9-15-24,25-16-10-5-11-17-25)29-27(23-12-6-3-7-13-23)31-28(32-29)30(33)34-2;;/h3-21H,1-2H3;2*1H. The van der Waals surface area contributed by atoms with Crippen molar-refractivity contribution in [1.29, 1.82) is 0 Å². The minimum absolute atomic E-state index is 0. The molecule has 0 aliphatic rings. The van der Waals surface area contributed by atoms with Crippen molar-refractivity contribution in [3.8, 4) is 11.3 Å². The second-order valence-electron chi connectivity index (χ2n) is 8.32. The highest BCUT2D eigenvalue weighted by molar-refractivity contribution is 8.01. The summed E-state index contributed by atoms with van der Waals surface area (Å²) in [6, 6.07) is 39.8. The first-order valence-corrected chi connectivity index (χ1v) is 13.3. The molecule has 0 amide bonds. The minimum Gasteiger partial charge on any atom is -1.00 e. The number of nitrogens with one attached hydrogen (secondary N) is 1. The van der Waals surface area contributed by atoms with Gasteiger partial charge in [0.1, 0.15) is 21.6 Å². The molecule has 1 N–H and O–H groups in total. The summed E-state index contributed by atoms with van der Waals surface area (Å²) in [6.45, 7) is 2.09. The number of ether oxygens (including phenoxy) is 1. The van der Waals surface area contributed by atoms with Gasteiger partial charge in [-0.15, -0.1) is 12.4 Å². The number of halogens is 2. The van der Waals surface area contributed by atoms with Crippen molar-refractivity contribution >= 4 is 47.0 Å². The Kier molecular flexibility index (Phi) is 9.45. The number of hydrogen-bond donors (Lipinski definition) is 1. The normalized spacial score (nSPS) is 10.6. The molecule has 0 saturated carbocycles. The smallest absolute Gasteiger partial charge is 0.374 e. The van der Waals surface area contributed by atoms with Crippen LogP contribution in [-0.4, -0.2) is 23.0 Å². The third-order valence-electron chi connectivity index (χ3n) is 6.15. The number of H-pyrrole nitrogens is 1. The topological polar surface area (TPSA) is 55.0 Å². The van der Waals surface area contributed by atoms with Gasteiger partial charge in [0, 0.05) is 5.56 Å². The summed E-state index contributed by atoms with van der Waals surface area (Å²) in [7, 11) is -1.11. The molecule has 5 aromatic rings. The molecule has 188 valence electrons. The summed E-state index contributed by atoms with van der Waals surface area (Å²) in [5.41, 5.74) is 3.81. The Balaban J connectivity index is 0.00000190. The van der Waals surface area contributed by atoms with Gasteiger partial charge in [-0.1, -0.05) is 84.4 Å². The maximum Gasteiger partial charge on any atom is 0.374 e. The van der Waals surface area contributed by atoms with E-state index in [1.165, 1.54) is 28.6 Å². The van der Waals surface area contributed by atoms with Crippen molar-refractivity contribution in [2.24, 2.45) is 0 Å². The van der Waals surface area contributed by atoms with Crippen molar-refractivity contribution in [3.63, 3.8) is 0 Å². The molecule has 0 bridgehead atoms. The lowest BCUT2D eigenvalue weighted by atomic mass is 10.2. The van der Waals surface area contributed by atoms with Gasteiger partial charge in [-0.2, -0.15) is 0 Å². The van der Waals surface area contributed by atoms with Gasteiger partial charge in [0.2, 0.25) is 11.3 Å². The number of carbonyl (C=O) groups is 1. The third kappa shape index (κ3) is 5.26. The van der Waals surface area contributed by atoms with Crippen LogP contribution in [0.5, 0.6) is 0 Å². The van der Waals surface area contributed by atoms with Crippen LogP contribution in [0, 0.1) is 6.92 Å². The number of benzene rings is 4. The van der Waals surface area contributed by atoms with Gasteiger partial charge in [-0.3, -0.25) is 0 Å². The average molecular weight is 594 g/mol. The van der Waals surface area contributed by atoms with Crippen molar-refractivity contribution in [2.75, 3.05) is 7.11 Å². The van der Waals surface area contributed by atoms with Gasteiger partial charge in [-0.05, 0) is 43.3 Å². The van der Waals surface area contributed by atoms with Crippen LogP contribution in [0.15, 0.2) is 115 Å². The molecule has 0 saturated heterocycles. The highest BCUT2D eigenvalue weighted by Crippen LogP contribution is 2.55. The van der Waals surface area contributed by atoms with Crippen LogP contribution in [-0.2, 0) is 4.74 Å². The molecular formula is C30H27BrClN2O2P. The van der Waals surface area contributed by atoms with Gasteiger partial charge in [-0.25, -0.2) is 9.78 Å². The lowest BCUT2D eigenvalue weighted by Crippen LogP contribution is -3.00. The zero-order valence-electron chi connectivity index (χ0n) is 20.5. The minimum atomic E-state index is -2.48. The Morgan fingerprint density at radius 2 is 1.19 bits per heavy atom. The predicted octanol–water partition coefficient (Wildman–Crippen LogP) is 2.22. The van der Waals surface area contributed by atoms with Crippen LogP contribution in [0.3, 0.4) is 0 Å². The second kappa shape index (κ2) is 12.3. The number of aryl methyl sites for hydroxylation is 1. The Morgan fingerprint density at radius 1 is 0.730 bits per heavy atom. The molecule has 37 heavy (non-hydrogen) atoms. The molecular weight excluding hydrogens is 567 g/mol. The fraction of sp³-hybridized carbons (Fsp3) is 0.0667. The molecule has 0 unspecified atom stereocenters. The quantitative estimate of drug-likeness (QED) is 0.243. The molecule has 7 heteroatoms. The lowest BCUT2D eigenvalue weighted by molar-refractivity contribution is -0.0000214. The van der Waals surface area contributed by atoms with Gasteiger partial charge >= 0.3 is 5.97 Å². The van der Waals surface area contributed by atoms with Gasteiger partial charge in [0.05, 0.1) is 7.11 Å². The zero-order valence-corrected chi connectivity index (χ0v) is 23.8. The SMILES string of the molecule is COC(=O)c1nc(-c2ccccc2)c([P+](c2ccccc2)(c2ccccc2)c2ccc(C)cc2)[nH]1.Cl.[Br-]. The Labute approximate surface area is 234 Å². The van der Waals surface area contributed by atoms with E-state index in [2.05, 4.69) is 84.7 Å². The van der Waals surface area contributed by atoms with Crippen LogP contribution in [0.4, 0.5) is 0 Å². The van der Waals surface area contributed by atoms with Crippen LogP contribution in [0.2, 0.25) is 0 Å². The number of aromatic nitrogens is 2. The Bertz CT molecular complexity index is 1400. The third-order valence-corrected chi connectivity index (χ3v) is 10.4. The second-order valence-corrected chi connectivity index (χ2v) is 11.7. The van der Waals surface area contributed by atoms with Crippen LogP contribution >= 0.6 is 19.7 Å². The van der Waals surface area contributed by atoms with E-state index in [0.717, 1.165) is 16.7 Å². The highest BCUT2D eigenvalue weighted by atomic mass is 79.9. The molecule has 0 spiro atoms. The summed E-state index contributed by atoms with van der Waals surface area (Å²) >= 11 is 0. The molecule has 0 radical (unpaired) electrons. The van der Waals surface area contributed by atoms with E-state index in [0.29, 0.717) is 0 Å². The van der Waals surface area contributed by atoms with Crippen molar-refractivity contribution in [3.05, 3.63) is 127 Å². The summed E-state index contributed by atoms with van der Waals surface area (Å²) in [4.78, 5) is 20.9. The Hall–Kier alpha value is -3.24. The monoisotopic (exact) mass is 592 g/mol. The number of imidazole rings is 1. The zero-order chi connectivity index (χ0) is 24.3. The van der Waals surface area contributed by atoms with Crippen molar-refractivity contribution in [2.45, 2.75) is 6.92 Å². The molecule has 0 aliphatic heterocycles. The van der Waals surface area contributed by atoms with Crippen LogP contribution in [0.1, 0.15) is 16.2 Å². The molecule has 1 heterocycles. The van der Waals surface area contributed by atoms with E-state index in [-0.39, 0.29) is 35.2 Å². The fourth-order valence-corrected chi connectivity index (χ4v) is 8.78. The molecule has 1 aromatic heterocycles. The molecule has 5 rings (SSSR count). The predicted molar refractivity (Wildman–Crippen MR) is 152 cm³/mol. The highest BCUT2D eigenvalue weighted by Gasteiger charge is 2.52. The van der Waals surface area contributed by atoms with E-state index in [4.69, 9.17) is 9.72 Å². The number of carbonyl (C=O) groups excluding carboxylic acids is 1. The number of hydrogen-bond acceptors (Lipinski definition) is 3. The van der Waals surface area contributed by atoms with Crippen LogP contribution in [0.25, 0.3) is 11.3 Å². The molecule has 4 aromatic carbocycles. The lowest BCUT2D eigenvalue weighted by Gasteiger charge is -2.27. The van der Waals surface area contributed by atoms with E-state index in [1.54, 1.807) is 0 Å². The van der Waals surface area contributed by atoms with E-state index >= 15 is 0 Å². The first kappa shape index (κ1) is 28.3. The van der Waals surface area contributed by atoms with Gasteiger partial charge < -0.3 is 26.7 Å². The number of esters is 1. The first-order chi connectivity index (χ1) is 17.1. The molecule has 0 atom stereocenters. The van der Waals surface area contributed by atoms with E-state index in [1.807, 2.05) is 42.5 Å². The van der Waals surface area contributed by atoms with E-state index < -0.39 is 13.2 Å². The maximum absolute atomic E-state index is 12.7. The largest absolute Gasteiger partial charge is 1.00 e. The average Bonchev–Trinajstić information content (AvgIpc) is 3.37. The number of nitrogens with zero attached hydrogens (tertiary/aromatic N) is 1. The number of methoxy groups -OCH3 is 1. The van der Waals surface area contributed by atoms with Crippen molar-refractivity contribution < 1.29 is 26.5 Å². The fourth-order valence-electron chi connectivity index (χ4n) is 4.50. The summed E-state index contributed by atoms with van der Waals surface area (Å²) in [6.07, 6.45) is 0. The number of rotatable bonds is 6. The van der Waals surface area contributed by atoms with Gasteiger partial charge in [0.15, 0.2) is 7.26 Å². The van der Waals surface area contributed by atoms with Crippen LogP contribution < -0.4 is 38.3 Å². The van der Waals surface area contributed by atoms with E-state index in [9.17, 15) is 4.79 Å². The molecule has 0 fully saturated rings. The summed E-state index contributed by atoms with van der Waals surface area (Å²) in [5, 5.41) is 3.53. The van der Waals surface area contributed by atoms with Gasteiger partial charge in [0.25, 0.3) is 0 Å². The Morgan fingerprint density at radius 3 is 1.68 bits per heavy atom. The maximum atomic E-state index is 12.7. The first-order valence-electron chi connectivity index (χ1n) is 11.5. The van der Waals surface area contributed by atoms with Crippen molar-refractivity contribution in [1.82, 2.24) is 9.97 Å². The summed E-state index contributed by atoms with van der Waals surface area (Å²) < 4.78 is 5.07. The molecule has 0 aliphatic carbocycles. The molecule has 4 nitrogen and oxygen atoms in total.